The highest BCUT2D eigenvalue weighted by Crippen LogP contribution is 2.36. The van der Waals surface area contributed by atoms with E-state index >= 15 is 0 Å². The molecule has 1 aliphatic heterocycles. The van der Waals surface area contributed by atoms with Gasteiger partial charge < -0.3 is 18.9 Å². The number of aryl methyl sites for hydroxylation is 1. The van der Waals surface area contributed by atoms with Crippen LogP contribution in [0.1, 0.15) is 91.7 Å². The van der Waals surface area contributed by atoms with Gasteiger partial charge in [0.25, 0.3) is 0 Å². The molecule has 0 spiro atoms. The van der Waals surface area contributed by atoms with E-state index in [0.29, 0.717) is 6.54 Å². The lowest BCUT2D eigenvalue weighted by Crippen LogP contribution is -2.45. The molecule has 6 heteroatoms. The summed E-state index contributed by atoms with van der Waals surface area (Å²) in [6, 6.07) is 6.74. The van der Waals surface area contributed by atoms with Gasteiger partial charge in [0.05, 0.1) is 11.2 Å². The fraction of sp³-hybridized carbons (Fsp3) is 0.731. The highest BCUT2D eigenvalue weighted by atomic mass is 16.7. The molecule has 32 heavy (non-hydrogen) atoms. The lowest BCUT2D eigenvalue weighted by molar-refractivity contribution is 0.00578. The van der Waals surface area contributed by atoms with Crippen LogP contribution >= 0.6 is 0 Å². The molecule has 0 radical (unpaired) electrons. The summed E-state index contributed by atoms with van der Waals surface area (Å²) in [5, 5.41) is 0. The first kappa shape index (κ1) is 25.1. The van der Waals surface area contributed by atoms with E-state index in [1.54, 1.807) is 0 Å². The fourth-order valence-electron chi connectivity index (χ4n) is 4.51. The molecule has 3 rings (SSSR count). The Labute approximate surface area is 195 Å². The maximum atomic E-state index is 13.0. The van der Waals surface area contributed by atoms with E-state index in [1.165, 1.54) is 24.8 Å². The summed E-state index contributed by atoms with van der Waals surface area (Å²) in [5.74, 6) is 0. The highest BCUT2D eigenvalue weighted by molar-refractivity contribution is 6.62. The van der Waals surface area contributed by atoms with Crippen molar-refractivity contribution >= 4 is 18.7 Å². The quantitative estimate of drug-likeness (QED) is 0.572. The lowest BCUT2D eigenvalue weighted by atomic mass is 9.75. The van der Waals surface area contributed by atoms with Crippen molar-refractivity contribution in [1.29, 1.82) is 0 Å². The lowest BCUT2D eigenvalue weighted by Gasteiger charge is -2.35. The molecule has 1 saturated heterocycles. The minimum Gasteiger partial charge on any atom is -0.444 e. The zero-order chi connectivity index (χ0) is 23.7. The summed E-state index contributed by atoms with van der Waals surface area (Å²) in [5.41, 5.74) is 2.26. The van der Waals surface area contributed by atoms with Crippen molar-refractivity contribution in [3.8, 4) is 0 Å². The van der Waals surface area contributed by atoms with Crippen molar-refractivity contribution in [2.24, 2.45) is 0 Å². The summed E-state index contributed by atoms with van der Waals surface area (Å²) in [6.07, 6.45) is 6.39. The summed E-state index contributed by atoms with van der Waals surface area (Å²) in [4.78, 5) is 14.9. The van der Waals surface area contributed by atoms with E-state index in [1.807, 2.05) is 25.7 Å². The van der Waals surface area contributed by atoms with Gasteiger partial charge in [-0.05, 0) is 85.7 Å². The molecule has 1 aliphatic carbocycles. The summed E-state index contributed by atoms with van der Waals surface area (Å²) < 4.78 is 18.2. The Morgan fingerprint density at radius 3 is 2.22 bits per heavy atom. The molecular formula is C26H42BNO4. The maximum absolute atomic E-state index is 13.0. The van der Waals surface area contributed by atoms with Crippen LogP contribution in [0.4, 0.5) is 4.79 Å². The number of rotatable bonds is 5. The van der Waals surface area contributed by atoms with Gasteiger partial charge in [-0.15, -0.1) is 0 Å². The highest BCUT2D eigenvalue weighted by Gasteiger charge is 2.52. The van der Waals surface area contributed by atoms with E-state index in [4.69, 9.17) is 14.0 Å². The van der Waals surface area contributed by atoms with Crippen LogP contribution in [0.15, 0.2) is 18.2 Å². The first-order chi connectivity index (χ1) is 14.8. The third-order valence-electron chi connectivity index (χ3n) is 7.13. The number of hydrogen-bond acceptors (Lipinski definition) is 4. The van der Waals surface area contributed by atoms with Gasteiger partial charge in [0.1, 0.15) is 5.60 Å². The van der Waals surface area contributed by atoms with Gasteiger partial charge in [0.2, 0.25) is 0 Å². The van der Waals surface area contributed by atoms with Crippen molar-refractivity contribution < 1.29 is 18.8 Å². The summed E-state index contributed by atoms with van der Waals surface area (Å²) in [7, 11) is -0.352. The second kappa shape index (κ2) is 9.38. The van der Waals surface area contributed by atoms with E-state index in [2.05, 4.69) is 52.8 Å². The zero-order valence-electron chi connectivity index (χ0n) is 21.4. The third-order valence-corrected chi connectivity index (χ3v) is 7.13. The average Bonchev–Trinajstić information content (AvgIpc) is 2.88. The predicted octanol–water partition coefficient (Wildman–Crippen LogP) is 5.41. The van der Waals surface area contributed by atoms with Gasteiger partial charge in [0.15, 0.2) is 0 Å². The normalized spacial score (nSPS) is 20.9. The van der Waals surface area contributed by atoms with Crippen LogP contribution in [0, 0.1) is 6.92 Å². The molecule has 1 aromatic carbocycles. The van der Waals surface area contributed by atoms with Gasteiger partial charge in [-0.25, -0.2) is 4.79 Å². The third kappa shape index (κ3) is 5.88. The Hall–Kier alpha value is -1.53. The van der Waals surface area contributed by atoms with E-state index in [0.717, 1.165) is 30.3 Å². The minimum absolute atomic E-state index is 0.185. The van der Waals surface area contributed by atoms with Crippen LogP contribution in [0.3, 0.4) is 0 Å². The van der Waals surface area contributed by atoms with Crippen LogP contribution < -0.4 is 5.46 Å². The van der Waals surface area contributed by atoms with Crippen LogP contribution in [0.2, 0.25) is 0 Å². The number of carbonyl (C=O) groups is 1. The molecule has 5 nitrogen and oxygen atoms in total. The van der Waals surface area contributed by atoms with E-state index in [-0.39, 0.29) is 30.5 Å². The summed E-state index contributed by atoms with van der Waals surface area (Å²) >= 11 is 0. The summed E-state index contributed by atoms with van der Waals surface area (Å²) in [6.45, 7) is 16.9. The van der Waals surface area contributed by atoms with Gasteiger partial charge in [-0.1, -0.05) is 43.0 Å². The second-order valence-electron chi connectivity index (χ2n) is 11.5. The second-order valence-corrected chi connectivity index (χ2v) is 11.5. The Morgan fingerprint density at radius 1 is 1.09 bits per heavy atom. The first-order valence-electron chi connectivity index (χ1n) is 12.2. The molecule has 1 heterocycles. The largest absolute Gasteiger partial charge is 0.495 e. The molecule has 1 saturated carbocycles. The van der Waals surface area contributed by atoms with E-state index in [9.17, 15) is 4.79 Å². The number of carbonyl (C=O) groups excluding carboxylic acids is 1. The maximum Gasteiger partial charge on any atom is 0.495 e. The molecule has 178 valence electrons. The molecule has 1 aromatic rings. The van der Waals surface area contributed by atoms with Gasteiger partial charge in [-0.2, -0.15) is 0 Å². The Balaban J connectivity index is 1.70. The smallest absolute Gasteiger partial charge is 0.444 e. The standard InChI is InChI=1S/C26H42BNO4/c1-19-18-20(14-15-22(19)27-31-25(5,6)26(7,8)32-27)16-17-28(21-12-10-9-11-13-21)23(29)30-24(2,3)4/h14-15,18,21H,9-13,16-17H2,1-8H3. The topological polar surface area (TPSA) is 48.0 Å². The van der Waals surface area contributed by atoms with Crippen molar-refractivity contribution in [1.82, 2.24) is 4.90 Å². The molecule has 0 atom stereocenters. The van der Waals surface area contributed by atoms with E-state index < -0.39 is 5.60 Å². The monoisotopic (exact) mass is 443 g/mol. The fourth-order valence-corrected chi connectivity index (χ4v) is 4.51. The number of ether oxygens (including phenoxy) is 1. The predicted molar refractivity (Wildman–Crippen MR) is 130 cm³/mol. The van der Waals surface area contributed by atoms with Gasteiger partial charge in [0, 0.05) is 12.6 Å². The van der Waals surface area contributed by atoms with Crippen molar-refractivity contribution in [2.45, 2.75) is 117 Å². The molecule has 0 aromatic heterocycles. The molecule has 0 bridgehead atoms. The van der Waals surface area contributed by atoms with Gasteiger partial charge in [-0.3, -0.25) is 0 Å². The molecular weight excluding hydrogens is 401 g/mol. The van der Waals surface area contributed by atoms with Crippen LogP contribution in [-0.2, 0) is 20.5 Å². The van der Waals surface area contributed by atoms with Gasteiger partial charge >= 0.3 is 13.2 Å². The molecule has 0 unspecified atom stereocenters. The minimum atomic E-state index is -0.481. The van der Waals surface area contributed by atoms with Crippen molar-refractivity contribution in [2.75, 3.05) is 6.54 Å². The molecule has 1 amide bonds. The van der Waals surface area contributed by atoms with Crippen molar-refractivity contribution in [3.05, 3.63) is 29.3 Å². The zero-order valence-corrected chi connectivity index (χ0v) is 21.4. The van der Waals surface area contributed by atoms with Crippen molar-refractivity contribution in [3.63, 3.8) is 0 Å². The van der Waals surface area contributed by atoms with Crippen LogP contribution in [0.25, 0.3) is 0 Å². The Bertz CT molecular complexity index is 793. The molecule has 2 fully saturated rings. The van der Waals surface area contributed by atoms with Crippen LogP contribution in [0.5, 0.6) is 0 Å². The number of benzene rings is 1. The Morgan fingerprint density at radius 2 is 1.69 bits per heavy atom. The average molecular weight is 443 g/mol. The number of amides is 1. The number of nitrogens with zero attached hydrogens (tertiary/aromatic N) is 1. The number of hydrogen-bond donors (Lipinski definition) is 0. The molecule has 2 aliphatic rings. The van der Waals surface area contributed by atoms with Crippen LogP contribution in [-0.4, -0.2) is 47.5 Å². The Kier molecular flexibility index (Phi) is 7.36. The SMILES string of the molecule is Cc1cc(CCN(C(=O)OC(C)(C)C)C2CCCCC2)ccc1B1OC(C)(C)C(C)(C)O1. The first-order valence-corrected chi connectivity index (χ1v) is 12.2. The molecule has 0 N–H and O–H groups in total.